The summed E-state index contributed by atoms with van der Waals surface area (Å²) >= 11 is 0. The van der Waals surface area contributed by atoms with E-state index in [9.17, 15) is 0 Å². The Morgan fingerprint density at radius 3 is 2.00 bits per heavy atom. The standard InChI is InChI=1S/C13H22N4.C2H6/c1-4-16-5-7-17(8-6-16)13-14-9-12(10-15-13)11(2)3;1-2/h9-11H,4-8H2,1-3H3;1-2H3. The van der Waals surface area contributed by atoms with Crippen LogP contribution in [0.4, 0.5) is 5.95 Å². The van der Waals surface area contributed by atoms with Crippen molar-refractivity contribution in [2.24, 2.45) is 0 Å². The third-order valence-electron chi connectivity index (χ3n) is 3.43. The lowest BCUT2D eigenvalue weighted by Gasteiger charge is -2.34. The van der Waals surface area contributed by atoms with Gasteiger partial charge in [-0.2, -0.15) is 0 Å². The molecule has 0 saturated carbocycles. The molecule has 0 aliphatic carbocycles. The second-order valence-electron chi connectivity index (χ2n) is 4.89. The molecule has 2 heterocycles. The zero-order valence-corrected chi connectivity index (χ0v) is 13.1. The first kappa shape index (κ1) is 15.9. The van der Waals surface area contributed by atoms with Gasteiger partial charge in [0.25, 0.3) is 0 Å². The molecule has 1 aliphatic rings. The average molecular weight is 264 g/mol. The fourth-order valence-corrected chi connectivity index (χ4v) is 2.06. The highest BCUT2D eigenvalue weighted by Crippen LogP contribution is 2.15. The summed E-state index contributed by atoms with van der Waals surface area (Å²) in [4.78, 5) is 13.7. The van der Waals surface area contributed by atoms with E-state index in [4.69, 9.17) is 0 Å². The Kier molecular flexibility index (Phi) is 6.78. The van der Waals surface area contributed by atoms with Crippen molar-refractivity contribution in [3.05, 3.63) is 18.0 Å². The third-order valence-corrected chi connectivity index (χ3v) is 3.43. The SMILES string of the molecule is CC.CCN1CCN(c2ncc(C(C)C)cn2)CC1. The molecule has 0 spiro atoms. The van der Waals surface area contributed by atoms with Crippen LogP contribution in [0.1, 0.15) is 46.1 Å². The summed E-state index contributed by atoms with van der Waals surface area (Å²) in [7, 11) is 0. The second-order valence-corrected chi connectivity index (χ2v) is 4.89. The topological polar surface area (TPSA) is 32.3 Å². The lowest BCUT2D eigenvalue weighted by molar-refractivity contribution is 0.270. The number of anilines is 1. The zero-order valence-electron chi connectivity index (χ0n) is 13.1. The Morgan fingerprint density at radius 2 is 1.58 bits per heavy atom. The molecule has 0 amide bonds. The third kappa shape index (κ3) is 4.46. The molecule has 1 saturated heterocycles. The van der Waals surface area contributed by atoms with Crippen molar-refractivity contribution >= 4 is 5.95 Å². The quantitative estimate of drug-likeness (QED) is 0.840. The van der Waals surface area contributed by atoms with Crippen LogP contribution in [0.25, 0.3) is 0 Å². The van der Waals surface area contributed by atoms with Crippen LogP contribution in [-0.2, 0) is 0 Å². The molecule has 4 nitrogen and oxygen atoms in total. The van der Waals surface area contributed by atoms with Gasteiger partial charge < -0.3 is 9.80 Å². The number of rotatable bonds is 3. The fourth-order valence-electron chi connectivity index (χ4n) is 2.06. The van der Waals surface area contributed by atoms with E-state index in [1.165, 1.54) is 5.56 Å². The largest absolute Gasteiger partial charge is 0.338 e. The smallest absolute Gasteiger partial charge is 0.225 e. The molecular formula is C15H28N4. The van der Waals surface area contributed by atoms with Crippen molar-refractivity contribution in [1.82, 2.24) is 14.9 Å². The molecule has 0 bridgehead atoms. The molecule has 1 aliphatic heterocycles. The van der Waals surface area contributed by atoms with Crippen LogP contribution in [0.3, 0.4) is 0 Å². The first-order valence-corrected chi connectivity index (χ1v) is 7.50. The maximum atomic E-state index is 4.47. The molecule has 1 aromatic rings. The first-order valence-electron chi connectivity index (χ1n) is 7.50. The van der Waals surface area contributed by atoms with Gasteiger partial charge in [0.05, 0.1) is 0 Å². The number of likely N-dealkylation sites (N-methyl/N-ethyl adjacent to an activating group) is 1. The summed E-state index contributed by atoms with van der Waals surface area (Å²) in [6.07, 6.45) is 3.92. The summed E-state index contributed by atoms with van der Waals surface area (Å²) < 4.78 is 0. The minimum atomic E-state index is 0.501. The van der Waals surface area contributed by atoms with Crippen LogP contribution in [0.2, 0.25) is 0 Å². The molecule has 19 heavy (non-hydrogen) atoms. The van der Waals surface area contributed by atoms with Crippen molar-refractivity contribution in [2.45, 2.75) is 40.5 Å². The van der Waals surface area contributed by atoms with Crippen LogP contribution in [0.15, 0.2) is 12.4 Å². The maximum Gasteiger partial charge on any atom is 0.225 e. The lowest BCUT2D eigenvalue weighted by Crippen LogP contribution is -2.46. The average Bonchev–Trinajstić information content (AvgIpc) is 2.49. The molecule has 1 fully saturated rings. The van der Waals surface area contributed by atoms with E-state index < -0.39 is 0 Å². The number of aromatic nitrogens is 2. The predicted octanol–water partition coefficient (Wildman–Crippen LogP) is 2.77. The van der Waals surface area contributed by atoms with Gasteiger partial charge in [0.15, 0.2) is 0 Å². The molecule has 2 rings (SSSR count). The molecule has 0 atom stereocenters. The maximum absolute atomic E-state index is 4.47. The predicted molar refractivity (Wildman–Crippen MR) is 81.8 cm³/mol. The van der Waals surface area contributed by atoms with E-state index in [1.54, 1.807) is 0 Å². The van der Waals surface area contributed by atoms with Gasteiger partial charge in [-0.3, -0.25) is 0 Å². The van der Waals surface area contributed by atoms with Gasteiger partial charge in [0, 0.05) is 38.6 Å². The highest BCUT2D eigenvalue weighted by atomic mass is 15.3. The Balaban J connectivity index is 0.000000861. The number of hydrogen-bond acceptors (Lipinski definition) is 4. The Morgan fingerprint density at radius 1 is 1.05 bits per heavy atom. The normalized spacial score (nSPS) is 16.2. The Labute approximate surface area is 117 Å². The van der Waals surface area contributed by atoms with Crippen LogP contribution in [0.5, 0.6) is 0 Å². The van der Waals surface area contributed by atoms with Crippen molar-refractivity contribution < 1.29 is 0 Å². The van der Waals surface area contributed by atoms with Gasteiger partial charge in [-0.25, -0.2) is 9.97 Å². The van der Waals surface area contributed by atoms with Gasteiger partial charge in [-0.15, -0.1) is 0 Å². The minimum absolute atomic E-state index is 0.501. The van der Waals surface area contributed by atoms with Crippen LogP contribution in [-0.4, -0.2) is 47.6 Å². The van der Waals surface area contributed by atoms with Crippen molar-refractivity contribution in [3.63, 3.8) is 0 Å². The van der Waals surface area contributed by atoms with E-state index in [0.717, 1.165) is 38.7 Å². The summed E-state index contributed by atoms with van der Waals surface area (Å²) in [5.41, 5.74) is 1.21. The van der Waals surface area contributed by atoms with Gasteiger partial charge in [-0.05, 0) is 18.0 Å². The molecule has 1 aromatic heterocycles. The van der Waals surface area contributed by atoms with E-state index in [2.05, 4.69) is 40.5 Å². The summed E-state index contributed by atoms with van der Waals surface area (Å²) in [6.45, 7) is 16.0. The fraction of sp³-hybridized carbons (Fsp3) is 0.733. The van der Waals surface area contributed by atoms with E-state index >= 15 is 0 Å². The van der Waals surface area contributed by atoms with Gasteiger partial charge in [0.1, 0.15) is 0 Å². The molecule has 0 aromatic carbocycles. The van der Waals surface area contributed by atoms with Crippen LogP contribution in [0, 0.1) is 0 Å². The number of piperazine rings is 1. The summed E-state index contributed by atoms with van der Waals surface area (Å²) in [5.74, 6) is 1.38. The highest BCUT2D eigenvalue weighted by Gasteiger charge is 2.17. The molecule has 0 unspecified atom stereocenters. The molecule has 0 radical (unpaired) electrons. The van der Waals surface area contributed by atoms with E-state index in [-0.39, 0.29) is 0 Å². The van der Waals surface area contributed by atoms with E-state index in [1.807, 2.05) is 26.2 Å². The van der Waals surface area contributed by atoms with Crippen molar-refractivity contribution in [1.29, 1.82) is 0 Å². The molecule has 108 valence electrons. The summed E-state index contributed by atoms with van der Waals surface area (Å²) in [6, 6.07) is 0. The van der Waals surface area contributed by atoms with Crippen molar-refractivity contribution in [3.8, 4) is 0 Å². The summed E-state index contributed by atoms with van der Waals surface area (Å²) in [5, 5.41) is 0. The Hall–Kier alpha value is -1.16. The van der Waals surface area contributed by atoms with E-state index in [0.29, 0.717) is 5.92 Å². The highest BCUT2D eigenvalue weighted by molar-refractivity contribution is 5.31. The second kappa shape index (κ2) is 8.10. The van der Waals surface area contributed by atoms with Crippen LogP contribution < -0.4 is 4.90 Å². The molecular weight excluding hydrogens is 236 g/mol. The van der Waals surface area contributed by atoms with Crippen LogP contribution >= 0.6 is 0 Å². The minimum Gasteiger partial charge on any atom is -0.338 e. The van der Waals surface area contributed by atoms with Gasteiger partial charge >= 0.3 is 0 Å². The Bertz CT molecular complexity index is 340. The first-order chi connectivity index (χ1) is 9.20. The lowest BCUT2D eigenvalue weighted by atomic mass is 10.1. The number of hydrogen-bond donors (Lipinski definition) is 0. The van der Waals surface area contributed by atoms with Gasteiger partial charge in [0.2, 0.25) is 5.95 Å². The molecule has 0 N–H and O–H groups in total. The number of nitrogens with zero attached hydrogens (tertiary/aromatic N) is 4. The van der Waals surface area contributed by atoms with Crippen molar-refractivity contribution in [2.75, 3.05) is 37.6 Å². The monoisotopic (exact) mass is 264 g/mol. The molecule has 4 heteroatoms. The van der Waals surface area contributed by atoms with Gasteiger partial charge in [-0.1, -0.05) is 34.6 Å². The zero-order chi connectivity index (χ0) is 14.3.